The van der Waals surface area contributed by atoms with E-state index in [9.17, 15) is 4.79 Å². The zero-order valence-corrected chi connectivity index (χ0v) is 11.6. The Morgan fingerprint density at radius 2 is 1.61 bits per heavy atom. The van der Waals surface area contributed by atoms with Crippen molar-refractivity contribution in [3.63, 3.8) is 0 Å². The fourth-order valence-electron chi connectivity index (χ4n) is 1.40. The molecule has 1 aromatic rings. The van der Waals surface area contributed by atoms with Gasteiger partial charge >= 0.3 is 0 Å². The largest absolute Gasteiger partial charge is 0.493 e. The van der Waals surface area contributed by atoms with E-state index in [1.54, 1.807) is 12.1 Å². The van der Waals surface area contributed by atoms with E-state index in [1.807, 2.05) is 0 Å². The molecule has 100 valence electrons. The van der Waals surface area contributed by atoms with Crippen LogP contribution < -0.4 is 14.2 Å². The van der Waals surface area contributed by atoms with Crippen molar-refractivity contribution < 1.29 is 19.0 Å². The van der Waals surface area contributed by atoms with Crippen molar-refractivity contribution in [1.82, 2.24) is 0 Å². The van der Waals surface area contributed by atoms with E-state index >= 15 is 0 Å². The first kappa shape index (κ1) is 14.4. The van der Waals surface area contributed by atoms with Crippen LogP contribution in [0.2, 0.25) is 0 Å². The molecule has 0 aromatic heterocycles. The number of rotatable bonds is 5. The molecule has 0 saturated carbocycles. The van der Waals surface area contributed by atoms with Gasteiger partial charge in [0.15, 0.2) is 11.5 Å². The molecule has 0 spiro atoms. The van der Waals surface area contributed by atoms with Crippen LogP contribution >= 0.6 is 0 Å². The van der Waals surface area contributed by atoms with Gasteiger partial charge in [-0.1, -0.05) is 20.8 Å². The lowest BCUT2D eigenvalue weighted by Crippen LogP contribution is -2.17. The standard InChI is InChI=1S/C14H20O4/c1-14(2,3)9-18-13-11(16-4)6-10(8-15)7-12(13)17-5/h6-8H,9H2,1-5H3. The first-order valence-corrected chi connectivity index (χ1v) is 5.75. The topological polar surface area (TPSA) is 44.8 Å². The molecule has 0 radical (unpaired) electrons. The number of hydrogen-bond acceptors (Lipinski definition) is 4. The Morgan fingerprint density at radius 1 is 1.11 bits per heavy atom. The Bertz CT molecular complexity index is 393. The Hall–Kier alpha value is -1.71. The molecular formula is C14H20O4. The zero-order valence-electron chi connectivity index (χ0n) is 11.6. The SMILES string of the molecule is COc1cc(C=O)cc(OC)c1OCC(C)(C)C. The van der Waals surface area contributed by atoms with Gasteiger partial charge in [0.05, 0.1) is 20.8 Å². The van der Waals surface area contributed by atoms with Crippen molar-refractivity contribution in [1.29, 1.82) is 0 Å². The third kappa shape index (κ3) is 3.65. The number of benzene rings is 1. The quantitative estimate of drug-likeness (QED) is 0.756. The van der Waals surface area contributed by atoms with Gasteiger partial charge < -0.3 is 14.2 Å². The van der Waals surface area contributed by atoms with Crippen molar-refractivity contribution in [3.8, 4) is 17.2 Å². The third-order valence-corrected chi connectivity index (χ3v) is 2.27. The van der Waals surface area contributed by atoms with Gasteiger partial charge in [-0.05, 0) is 17.5 Å². The molecular weight excluding hydrogens is 232 g/mol. The summed E-state index contributed by atoms with van der Waals surface area (Å²) in [4.78, 5) is 10.8. The Balaban J connectivity index is 3.11. The van der Waals surface area contributed by atoms with Gasteiger partial charge in [-0.2, -0.15) is 0 Å². The van der Waals surface area contributed by atoms with Crippen LogP contribution in [0.5, 0.6) is 17.2 Å². The summed E-state index contributed by atoms with van der Waals surface area (Å²) in [6.45, 7) is 6.75. The van der Waals surface area contributed by atoms with Crippen LogP contribution in [-0.2, 0) is 0 Å². The summed E-state index contributed by atoms with van der Waals surface area (Å²) in [5.74, 6) is 1.53. The molecule has 0 aliphatic carbocycles. The average molecular weight is 252 g/mol. The minimum atomic E-state index is 0.0271. The van der Waals surface area contributed by atoms with Crippen LogP contribution in [0.3, 0.4) is 0 Å². The highest BCUT2D eigenvalue weighted by Crippen LogP contribution is 2.39. The molecule has 0 bridgehead atoms. The van der Waals surface area contributed by atoms with Crippen LogP contribution in [0.15, 0.2) is 12.1 Å². The van der Waals surface area contributed by atoms with Crippen molar-refractivity contribution in [3.05, 3.63) is 17.7 Å². The second-order valence-corrected chi connectivity index (χ2v) is 5.22. The second-order valence-electron chi connectivity index (χ2n) is 5.22. The summed E-state index contributed by atoms with van der Waals surface area (Å²) >= 11 is 0. The molecule has 4 heteroatoms. The minimum Gasteiger partial charge on any atom is -0.493 e. The van der Waals surface area contributed by atoms with E-state index in [0.29, 0.717) is 29.4 Å². The predicted octanol–water partition coefficient (Wildman–Crippen LogP) is 2.94. The Labute approximate surface area is 108 Å². The van der Waals surface area contributed by atoms with E-state index < -0.39 is 0 Å². The third-order valence-electron chi connectivity index (χ3n) is 2.27. The first-order valence-electron chi connectivity index (χ1n) is 5.75. The van der Waals surface area contributed by atoms with Gasteiger partial charge in [0, 0.05) is 5.56 Å². The smallest absolute Gasteiger partial charge is 0.203 e. The van der Waals surface area contributed by atoms with Gasteiger partial charge in [-0.25, -0.2) is 0 Å². The van der Waals surface area contributed by atoms with E-state index in [1.165, 1.54) is 14.2 Å². The summed E-state index contributed by atoms with van der Waals surface area (Å²) in [6.07, 6.45) is 0.749. The van der Waals surface area contributed by atoms with E-state index in [2.05, 4.69) is 20.8 Å². The van der Waals surface area contributed by atoms with Crippen molar-refractivity contribution in [2.75, 3.05) is 20.8 Å². The van der Waals surface area contributed by atoms with Crippen molar-refractivity contribution >= 4 is 6.29 Å². The molecule has 1 rings (SSSR count). The normalized spacial score (nSPS) is 10.9. The number of methoxy groups -OCH3 is 2. The molecule has 0 aliphatic heterocycles. The maximum atomic E-state index is 10.8. The first-order chi connectivity index (χ1) is 8.41. The molecule has 0 saturated heterocycles. The van der Waals surface area contributed by atoms with E-state index in [-0.39, 0.29) is 5.41 Å². The lowest BCUT2D eigenvalue weighted by molar-refractivity contribution is 0.112. The highest BCUT2D eigenvalue weighted by molar-refractivity contribution is 5.78. The van der Waals surface area contributed by atoms with E-state index in [4.69, 9.17) is 14.2 Å². The van der Waals surface area contributed by atoms with Crippen LogP contribution in [-0.4, -0.2) is 27.1 Å². The van der Waals surface area contributed by atoms with Crippen molar-refractivity contribution in [2.24, 2.45) is 5.41 Å². The Kier molecular flexibility index (Phi) is 4.59. The van der Waals surface area contributed by atoms with Gasteiger partial charge in [-0.3, -0.25) is 4.79 Å². The lowest BCUT2D eigenvalue weighted by Gasteiger charge is -2.21. The number of carbonyl (C=O) groups is 1. The van der Waals surface area contributed by atoms with E-state index in [0.717, 1.165) is 6.29 Å². The molecule has 4 nitrogen and oxygen atoms in total. The van der Waals surface area contributed by atoms with Crippen LogP contribution in [0.1, 0.15) is 31.1 Å². The van der Waals surface area contributed by atoms with Crippen LogP contribution in [0.4, 0.5) is 0 Å². The minimum absolute atomic E-state index is 0.0271. The molecule has 0 fully saturated rings. The lowest BCUT2D eigenvalue weighted by atomic mass is 9.99. The monoisotopic (exact) mass is 252 g/mol. The summed E-state index contributed by atoms with van der Waals surface area (Å²) < 4.78 is 16.2. The van der Waals surface area contributed by atoms with Gasteiger partial charge in [0.25, 0.3) is 0 Å². The highest BCUT2D eigenvalue weighted by atomic mass is 16.5. The maximum absolute atomic E-state index is 10.8. The summed E-state index contributed by atoms with van der Waals surface area (Å²) in [5, 5.41) is 0. The van der Waals surface area contributed by atoms with Crippen LogP contribution in [0.25, 0.3) is 0 Å². The molecule has 1 aromatic carbocycles. The van der Waals surface area contributed by atoms with Gasteiger partial charge in [0.2, 0.25) is 5.75 Å². The van der Waals surface area contributed by atoms with Crippen LogP contribution in [0, 0.1) is 5.41 Å². The summed E-state index contributed by atoms with van der Waals surface area (Å²) in [7, 11) is 3.07. The number of carbonyl (C=O) groups excluding carboxylic acids is 1. The molecule has 0 unspecified atom stereocenters. The highest BCUT2D eigenvalue weighted by Gasteiger charge is 2.18. The molecule has 0 amide bonds. The fraction of sp³-hybridized carbons (Fsp3) is 0.500. The predicted molar refractivity (Wildman–Crippen MR) is 69.9 cm³/mol. The van der Waals surface area contributed by atoms with Crippen molar-refractivity contribution in [2.45, 2.75) is 20.8 Å². The number of aldehydes is 1. The molecule has 18 heavy (non-hydrogen) atoms. The maximum Gasteiger partial charge on any atom is 0.203 e. The van der Waals surface area contributed by atoms with Gasteiger partial charge in [0.1, 0.15) is 6.29 Å². The average Bonchev–Trinajstić information content (AvgIpc) is 2.34. The molecule has 0 heterocycles. The second kappa shape index (κ2) is 5.76. The molecule has 0 aliphatic rings. The van der Waals surface area contributed by atoms with Gasteiger partial charge in [-0.15, -0.1) is 0 Å². The summed E-state index contributed by atoms with van der Waals surface area (Å²) in [6, 6.07) is 3.26. The number of hydrogen-bond donors (Lipinski definition) is 0. The molecule has 0 N–H and O–H groups in total. The molecule has 0 atom stereocenters. The fourth-order valence-corrected chi connectivity index (χ4v) is 1.40. The number of ether oxygens (including phenoxy) is 3. The zero-order chi connectivity index (χ0) is 13.8. The Morgan fingerprint density at radius 3 is 1.94 bits per heavy atom. The summed E-state index contributed by atoms with van der Waals surface area (Å²) in [5.41, 5.74) is 0.520.